The van der Waals surface area contributed by atoms with Crippen molar-refractivity contribution in [1.29, 1.82) is 0 Å². The average Bonchev–Trinajstić information content (AvgIpc) is 3.29. The molecule has 0 aliphatic carbocycles. The van der Waals surface area contributed by atoms with Gasteiger partial charge in [0.15, 0.2) is 5.75 Å². The Balaban J connectivity index is 1.74. The van der Waals surface area contributed by atoms with Crippen LogP contribution >= 0.6 is 11.6 Å². The van der Waals surface area contributed by atoms with E-state index in [9.17, 15) is 9.18 Å². The lowest BCUT2D eigenvalue weighted by Crippen LogP contribution is -2.13. The molecule has 0 spiro atoms. The van der Waals surface area contributed by atoms with Crippen LogP contribution in [0.4, 0.5) is 4.39 Å². The van der Waals surface area contributed by atoms with Gasteiger partial charge >= 0.3 is 0 Å². The molecule has 0 saturated heterocycles. The van der Waals surface area contributed by atoms with Crippen molar-refractivity contribution < 1.29 is 18.3 Å². The molecule has 0 bridgehead atoms. The van der Waals surface area contributed by atoms with Gasteiger partial charge in [0.05, 0.1) is 37.1 Å². The van der Waals surface area contributed by atoms with Crippen LogP contribution in [0.2, 0.25) is 5.02 Å². The van der Waals surface area contributed by atoms with E-state index in [1.807, 2.05) is 19.1 Å². The minimum absolute atomic E-state index is 0.0162. The highest BCUT2D eigenvalue weighted by atomic mass is 35.5. The Bertz CT molecular complexity index is 1290. The number of nitrogens with zero attached hydrogens (tertiary/aromatic N) is 2. The van der Waals surface area contributed by atoms with E-state index in [0.717, 1.165) is 16.7 Å². The lowest BCUT2D eigenvalue weighted by molar-refractivity contribution is 0.390. The molecular formula is C23H18ClFN2O4. The fraction of sp³-hybridized carbons (Fsp3) is 0.130. The zero-order valence-electron chi connectivity index (χ0n) is 16.8. The maximum absolute atomic E-state index is 13.5. The van der Waals surface area contributed by atoms with Gasteiger partial charge in [-0.3, -0.25) is 4.79 Å². The van der Waals surface area contributed by atoms with E-state index in [-0.39, 0.29) is 22.7 Å². The maximum atomic E-state index is 13.5. The molecule has 0 aliphatic heterocycles. The largest absolute Gasteiger partial charge is 0.491 e. The normalized spacial score (nSPS) is 10.8. The highest BCUT2D eigenvalue weighted by molar-refractivity contribution is 6.30. The van der Waals surface area contributed by atoms with Gasteiger partial charge in [0, 0.05) is 5.56 Å². The van der Waals surface area contributed by atoms with Gasteiger partial charge in [0.25, 0.3) is 0 Å². The van der Waals surface area contributed by atoms with Crippen molar-refractivity contribution in [1.82, 2.24) is 9.55 Å². The van der Waals surface area contributed by atoms with E-state index in [1.165, 1.54) is 31.6 Å². The standard InChI is InChI=1S/C23H18ClFN2O4/c1-14-3-5-16(23-26-7-8-30-23)10-20(14)31-22-11-19(28)21(29-2)13-27(22)12-15-4-6-18(25)17(24)9-15/h3-11,13H,12H2,1-2H3. The smallest absolute Gasteiger partial charge is 0.227 e. The van der Waals surface area contributed by atoms with Crippen LogP contribution in [-0.4, -0.2) is 16.7 Å². The molecule has 0 atom stereocenters. The molecule has 0 saturated carbocycles. The van der Waals surface area contributed by atoms with Crippen molar-refractivity contribution in [3.8, 4) is 28.8 Å². The summed E-state index contributed by atoms with van der Waals surface area (Å²) in [5.74, 6) is 0.937. The monoisotopic (exact) mass is 440 g/mol. The summed E-state index contributed by atoms with van der Waals surface area (Å²) in [4.78, 5) is 16.5. The molecule has 8 heteroatoms. The van der Waals surface area contributed by atoms with Crippen molar-refractivity contribution in [2.24, 2.45) is 0 Å². The summed E-state index contributed by atoms with van der Waals surface area (Å²) >= 11 is 5.92. The molecule has 4 rings (SSSR count). The summed E-state index contributed by atoms with van der Waals surface area (Å²) in [5, 5.41) is 0.0162. The maximum Gasteiger partial charge on any atom is 0.227 e. The van der Waals surface area contributed by atoms with E-state index in [1.54, 1.807) is 29.1 Å². The molecule has 6 nitrogen and oxygen atoms in total. The zero-order chi connectivity index (χ0) is 22.0. The summed E-state index contributed by atoms with van der Waals surface area (Å²) in [7, 11) is 1.42. The summed E-state index contributed by atoms with van der Waals surface area (Å²) in [6, 6.07) is 11.3. The number of halogens is 2. The first-order valence-corrected chi connectivity index (χ1v) is 9.73. The number of aromatic nitrogens is 2. The molecule has 0 aliphatic rings. The highest BCUT2D eigenvalue weighted by Gasteiger charge is 2.14. The third kappa shape index (κ3) is 4.46. The van der Waals surface area contributed by atoms with Crippen molar-refractivity contribution in [2.75, 3.05) is 7.11 Å². The van der Waals surface area contributed by atoms with Crippen LogP contribution in [0.5, 0.6) is 17.4 Å². The first-order chi connectivity index (χ1) is 14.9. The van der Waals surface area contributed by atoms with Crippen molar-refractivity contribution in [2.45, 2.75) is 13.5 Å². The molecule has 2 heterocycles. The average molecular weight is 441 g/mol. The minimum atomic E-state index is -0.502. The molecule has 0 radical (unpaired) electrons. The lowest BCUT2D eigenvalue weighted by atomic mass is 10.1. The van der Waals surface area contributed by atoms with Gasteiger partial charge in [0.1, 0.15) is 17.8 Å². The van der Waals surface area contributed by atoms with Crippen LogP contribution in [0, 0.1) is 12.7 Å². The molecule has 4 aromatic rings. The van der Waals surface area contributed by atoms with Crippen molar-refractivity contribution in [3.63, 3.8) is 0 Å². The van der Waals surface area contributed by atoms with Gasteiger partial charge in [0.2, 0.25) is 17.2 Å². The summed E-state index contributed by atoms with van der Waals surface area (Å²) < 4.78 is 31.9. The number of pyridine rings is 1. The first kappa shape index (κ1) is 20.7. The van der Waals surface area contributed by atoms with Gasteiger partial charge in [-0.25, -0.2) is 9.37 Å². The number of aryl methyl sites for hydroxylation is 1. The summed E-state index contributed by atoms with van der Waals surface area (Å²) in [6.45, 7) is 2.17. The topological polar surface area (TPSA) is 66.5 Å². The van der Waals surface area contributed by atoms with Gasteiger partial charge in [-0.15, -0.1) is 0 Å². The van der Waals surface area contributed by atoms with Gasteiger partial charge in [-0.1, -0.05) is 23.7 Å². The lowest BCUT2D eigenvalue weighted by Gasteiger charge is -2.17. The molecule has 31 heavy (non-hydrogen) atoms. The number of rotatable bonds is 6. The highest BCUT2D eigenvalue weighted by Crippen LogP contribution is 2.30. The molecule has 0 N–H and O–H groups in total. The van der Waals surface area contributed by atoms with Crippen LogP contribution < -0.4 is 14.9 Å². The number of methoxy groups -OCH3 is 1. The Labute approximate surface area is 182 Å². The number of benzene rings is 2. The van der Waals surface area contributed by atoms with E-state index >= 15 is 0 Å². The van der Waals surface area contributed by atoms with Crippen LogP contribution in [0.15, 0.2) is 70.3 Å². The predicted octanol–water partition coefficient (Wildman–Crippen LogP) is 5.45. The Morgan fingerprint density at radius 3 is 2.71 bits per heavy atom. The third-order valence-electron chi connectivity index (χ3n) is 4.69. The van der Waals surface area contributed by atoms with E-state index in [0.29, 0.717) is 17.5 Å². The molecular weight excluding hydrogens is 423 g/mol. The quantitative estimate of drug-likeness (QED) is 0.398. The number of hydrogen-bond acceptors (Lipinski definition) is 5. The van der Waals surface area contributed by atoms with Crippen LogP contribution in [0.25, 0.3) is 11.5 Å². The Morgan fingerprint density at radius 1 is 1.16 bits per heavy atom. The van der Waals surface area contributed by atoms with Crippen molar-refractivity contribution >= 4 is 11.6 Å². The molecule has 0 unspecified atom stereocenters. The Kier molecular flexibility index (Phi) is 5.77. The van der Waals surface area contributed by atoms with Crippen LogP contribution in [-0.2, 0) is 6.54 Å². The van der Waals surface area contributed by atoms with E-state index in [2.05, 4.69) is 4.98 Å². The number of oxazole rings is 1. The molecule has 2 aromatic heterocycles. The second-order valence-electron chi connectivity index (χ2n) is 6.84. The first-order valence-electron chi connectivity index (χ1n) is 9.35. The van der Waals surface area contributed by atoms with Gasteiger partial charge in [-0.2, -0.15) is 0 Å². The van der Waals surface area contributed by atoms with Crippen LogP contribution in [0.1, 0.15) is 11.1 Å². The van der Waals surface area contributed by atoms with Crippen molar-refractivity contribution in [3.05, 3.63) is 93.3 Å². The summed E-state index contributed by atoms with van der Waals surface area (Å²) in [6.07, 6.45) is 4.59. The SMILES string of the molecule is COc1cn(Cc2ccc(F)c(Cl)c2)c(Oc2cc(-c3ncco3)ccc2C)cc1=O. The predicted molar refractivity (Wildman–Crippen MR) is 115 cm³/mol. The zero-order valence-corrected chi connectivity index (χ0v) is 17.5. The number of hydrogen-bond donors (Lipinski definition) is 0. The Hall–Kier alpha value is -3.58. The third-order valence-corrected chi connectivity index (χ3v) is 4.98. The fourth-order valence-electron chi connectivity index (χ4n) is 3.06. The number of ether oxygens (including phenoxy) is 2. The molecule has 0 amide bonds. The van der Waals surface area contributed by atoms with E-state index < -0.39 is 5.82 Å². The minimum Gasteiger partial charge on any atom is -0.491 e. The fourth-order valence-corrected chi connectivity index (χ4v) is 3.26. The van der Waals surface area contributed by atoms with Gasteiger partial charge < -0.3 is 18.5 Å². The molecule has 158 valence electrons. The Morgan fingerprint density at radius 2 is 2.00 bits per heavy atom. The second-order valence-corrected chi connectivity index (χ2v) is 7.25. The van der Waals surface area contributed by atoms with Crippen LogP contribution in [0.3, 0.4) is 0 Å². The molecule has 2 aromatic carbocycles. The summed E-state index contributed by atoms with van der Waals surface area (Å²) in [5.41, 5.74) is 1.99. The molecule has 0 fully saturated rings. The van der Waals surface area contributed by atoms with Gasteiger partial charge in [-0.05, 0) is 42.3 Å². The second kappa shape index (κ2) is 8.65. The van der Waals surface area contributed by atoms with E-state index in [4.69, 9.17) is 25.5 Å².